The Bertz CT molecular complexity index is 1630. The lowest BCUT2D eigenvalue weighted by Crippen LogP contribution is -2.38. The molecule has 5 rings (SSSR count). The first-order chi connectivity index (χ1) is 24.8. The predicted molar refractivity (Wildman–Crippen MR) is 179 cm³/mol. The van der Waals surface area contributed by atoms with Gasteiger partial charge in [-0.25, -0.2) is 4.68 Å². The van der Waals surface area contributed by atoms with Crippen LogP contribution in [-0.4, -0.2) is 106 Å². The first-order valence-electron chi connectivity index (χ1n) is 16.5. The fraction of sp³-hybridized carbons (Fsp3) is 0.429. The second-order valence-corrected chi connectivity index (χ2v) is 11.5. The predicted octanol–water partition coefficient (Wildman–Crippen LogP) is 2.81. The number of aromatic hydroxyl groups is 5. The summed E-state index contributed by atoms with van der Waals surface area (Å²) in [5, 5.41) is 60.3. The van der Waals surface area contributed by atoms with Crippen molar-refractivity contribution in [3.05, 3.63) is 83.2 Å². The summed E-state index contributed by atoms with van der Waals surface area (Å²) in [7, 11) is 0. The molecular formula is C35H44N4O12. The van der Waals surface area contributed by atoms with E-state index >= 15 is 0 Å². The monoisotopic (exact) mass is 712 g/mol. The molecule has 0 saturated carbocycles. The third kappa shape index (κ3) is 10.7. The number of ether oxygens (including phenoxy) is 7. The Balaban J connectivity index is 1.21. The van der Waals surface area contributed by atoms with Gasteiger partial charge in [-0.15, -0.1) is 5.10 Å². The minimum Gasteiger partial charge on any atom is -0.508 e. The fourth-order valence-corrected chi connectivity index (χ4v) is 5.37. The molecule has 3 atom stereocenters. The standard InChI is InChI=1S/C35H44N4O12/c36-6-8-45-10-12-47-14-15-48-13-11-46-9-7-39-20-25(37-38-39)22-50-34-31-27(41)18-26(40)19-30(31)51-33(24-16-28(42)32(44)29(43)17-24)35(34)49-21-23-4-2-1-3-5-23/h1-5,16-20,33-35,40-44H,6-15,21-22,36H2. The Kier molecular flexibility index (Phi) is 14.1. The van der Waals surface area contributed by atoms with Gasteiger partial charge in [-0.1, -0.05) is 35.5 Å². The number of hydrogen-bond acceptors (Lipinski definition) is 15. The van der Waals surface area contributed by atoms with Crippen LogP contribution in [0.1, 0.15) is 34.6 Å². The van der Waals surface area contributed by atoms with E-state index in [0.29, 0.717) is 71.6 Å². The summed E-state index contributed by atoms with van der Waals surface area (Å²) in [6.07, 6.45) is -1.29. The average Bonchev–Trinajstić information content (AvgIpc) is 3.58. The quantitative estimate of drug-likeness (QED) is 0.0540. The summed E-state index contributed by atoms with van der Waals surface area (Å²) in [6, 6.07) is 14.3. The number of benzene rings is 3. The number of aromatic nitrogens is 3. The van der Waals surface area contributed by atoms with Crippen LogP contribution in [0.2, 0.25) is 0 Å². The second-order valence-electron chi connectivity index (χ2n) is 11.5. The zero-order valence-corrected chi connectivity index (χ0v) is 28.0. The van der Waals surface area contributed by atoms with Gasteiger partial charge in [0.15, 0.2) is 23.4 Å². The van der Waals surface area contributed by atoms with Crippen LogP contribution in [0.3, 0.4) is 0 Å². The van der Waals surface area contributed by atoms with E-state index in [4.69, 9.17) is 38.9 Å². The summed E-state index contributed by atoms with van der Waals surface area (Å²) in [4.78, 5) is 0. The van der Waals surface area contributed by atoms with Gasteiger partial charge < -0.3 is 64.4 Å². The van der Waals surface area contributed by atoms with Gasteiger partial charge in [0.1, 0.15) is 35.2 Å². The lowest BCUT2D eigenvalue weighted by atomic mass is 9.90. The molecule has 1 aliphatic rings. The lowest BCUT2D eigenvalue weighted by Gasteiger charge is -2.39. The van der Waals surface area contributed by atoms with Crippen molar-refractivity contribution in [3.63, 3.8) is 0 Å². The van der Waals surface area contributed by atoms with Gasteiger partial charge in [0.05, 0.1) is 84.4 Å². The molecule has 4 aromatic rings. The molecule has 0 fully saturated rings. The third-order valence-corrected chi connectivity index (χ3v) is 7.79. The van der Waals surface area contributed by atoms with Gasteiger partial charge in [0.2, 0.25) is 0 Å². The molecule has 7 N–H and O–H groups in total. The maximum Gasteiger partial charge on any atom is 0.200 e. The van der Waals surface area contributed by atoms with E-state index in [1.54, 1.807) is 10.9 Å². The normalized spacial score (nSPS) is 16.9. The lowest BCUT2D eigenvalue weighted by molar-refractivity contribution is -0.144. The SMILES string of the molecule is NCCOCCOCCOCCOCCn1cc(COC2c3c(O)cc(O)cc3OC(c3cc(O)c(O)c(O)c3)C2OCc2ccccc2)nn1. The largest absolute Gasteiger partial charge is 0.508 e. The Labute approximate surface area is 294 Å². The summed E-state index contributed by atoms with van der Waals surface area (Å²) >= 11 is 0. The molecule has 0 amide bonds. The number of fused-ring (bicyclic) bond motifs is 1. The van der Waals surface area contributed by atoms with Gasteiger partial charge in [-0.05, 0) is 17.7 Å². The van der Waals surface area contributed by atoms with E-state index in [1.807, 2.05) is 30.3 Å². The molecule has 1 aliphatic heterocycles. The zero-order chi connectivity index (χ0) is 36.0. The topological polar surface area (TPSA) is 222 Å². The molecule has 0 saturated heterocycles. The molecule has 51 heavy (non-hydrogen) atoms. The zero-order valence-electron chi connectivity index (χ0n) is 28.0. The number of hydrogen-bond donors (Lipinski definition) is 6. The molecule has 3 unspecified atom stereocenters. The third-order valence-electron chi connectivity index (χ3n) is 7.79. The van der Waals surface area contributed by atoms with E-state index < -0.39 is 35.6 Å². The second kappa shape index (κ2) is 19.1. The van der Waals surface area contributed by atoms with Crippen LogP contribution < -0.4 is 10.5 Å². The molecule has 0 bridgehead atoms. The van der Waals surface area contributed by atoms with Gasteiger partial charge >= 0.3 is 0 Å². The van der Waals surface area contributed by atoms with Crippen LogP contribution in [0.4, 0.5) is 0 Å². The molecule has 276 valence electrons. The van der Waals surface area contributed by atoms with Crippen molar-refractivity contribution in [2.45, 2.75) is 38.1 Å². The molecule has 2 heterocycles. The number of phenols is 5. The number of phenolic OH excluding ortho intramolecular Hbond substituents is 5. The van der Waals surface area contributed by atoms with Crippen molar-refractivity contribution in [1.29, 1.82) is 0 Å². The fourth-order valence-electron chi connectivity index (χ4n) is 5.37. The molecule has 0 spiro atoms. The summed E-state index contributed by atoms with van der Waals surface area (Å²) < 4.78 is 42.4. The van der Waals surface area contributed by atoms with Crippen LogP contribution >= 0.6 is 0 Å². The minimum atomic E-state index is -1.03. The van der Waals surface area contributed by atoms with Crippen molar-refractivity contribution in [2.24, 2.45) is 5.73 Å². The van der Waals surface area contributed by atoms with Crippen molar-refractivity contribution < 1.29 is 58.7 Å². The molecule has 0 radical (unpaired) electrons. The van der Waals surface area contributed by atoms with E-state index in [2.05, 4.69) is 10.3 Å². The van der Waals surface area contributed by atoms with E-state index in [9.17, 15) is 25.5 Å². The van der Waals surface area contributed by atoms with Crippen molar-refractivity contribution >= 4 is 0 Å². The van der Waals surface area contributed by atoms with Crippen molar-refractivity contribution in [1.82, 2.24) is 15.0 Å². The Hall–Kier alpha value is -4.68. The molecule has 16 heteroatoms. The Morgan fingerprint density at radius 3 is 2.04 bits per heavy atom. The highest BCUT2D eigenvalue weighted by Gasteiger charge is 2.43. The van der Waals surface area contributed by atoms with E-state index in [0.717, 1.165) is 5.56 Å². The maximum atomic E-state index is 11.0. The number of nitrogens with zero attached hydrogens (tertiary/aromatic N) is 3. The smallest absolute Gasteiger partial charge is 0.200 e. The summed E-state index contributed by atoms with van der Waals surface area (Å²) in [5.41, 5.74) is 7.16. The van der Waals surface area contributed by atoms with Gasteiger partial charge in [-0.3, -0.25) is 0 Å². The minimum absolute atomic E-state index is 0.0513. The highest BCUT2D eigenvalue weighted by Crippen LogP contribution is 2.51. The van der Waals surface area contributed by atoms with Crippen LogP contribution in [0.5, 0.6) is 34.5 Å². The highest BCUT2D eigenvalue weighted by atomic mass is 16.6. The van der Waals surface area contributed by atoms with Crippen LogP contribution in [-0.2, 0) is 48.2 Å². The van der Waals surface area contributed by atoms with Crippen molar-refractivity contribution in [2.75, 3.05) is 59.4 Å². The molecular weight excluding hydrogens is 668 g/mol. The maximum absolute atomic E-state index is 11.0. The van der Waals surface area contributed by atoms with Crippen molar-refractivity contribution in [3.8, 4) is 34.5 Å². The molecule has 16 nitrogen and oxygen atoms in total. The molecule has 0 aliphatic carbocycles. The first kappa shape index (κ1) is 37.6. The highest BCUT2D eigenvalue weighted by molar-refractivity contribution is 5.55. The van der Waals surface area contributed by atoms with E-state index in [1.165, 1.54) is 24.3 Å². The first-order valence-corrected chi connectivity index (χ1v) is 16.5. The van der Waals surface area contributed by atoms with Crippen LogP contribution in [0.15, 0.2) is 60.8 Å². The van der Waals surface area contributed by atoms with Gasteiger partial charge in [0.25, 0.3) is 0 Å². The summed E-state index contributed by atoms with van der Waals surface area (Å²) in [5.74, 6) is -2.28. The number of nitrogens with two attached hydrogens (primary N) is 1. The molecule has 3 aromatic carbocycles. The number of rotatable bonds is 21. The summed E-state index contributed by atoms with van der Waals surface area (Å²) in [6.45, 7) is 4.57. The van der Waals surface area contributed by atoms with Gasteiger partial charge in [0, 0.05) is 24.2 Å². The Morgan fingerprint density at radius 1 is 0.725 bits per heavy atom. The van der Waals surface area contributed by atoms with E-state index in [-0.39, 0.29) is 41.6 Å². The average molecular weight is 713 g/mol. The van der Waals surface area contributed by atoms with Crippen LogP contribution in [0.25, 0.3) is 0 Å². The van der Waals surface area contributed by atoms with Gasteiger partial charge in [-0.2, -0.15) is 0 Å². The molecule has 1 aromatic heterocycles. The Morgan fingerprint density at radius 2 is 1.37 bits per heavy atom. The van der Waals surface area contributed by atoms with Crippen LogP contribution in [0, 0.1) is 0 Å².